The van der Waals surface area contributed by atoms with Crippen LogP contribution < -0.4 is 4.74 Å². The molecular formula is C29H32ClFN2O3. The number of ether oxygens (including phenoxy) is 2. The molecule has 0 radical (unpaired) electrons. The van der Waals surface area contributed by atoms with E-state index in [1.54, 1.807) is 12.0 Å². The molecule has 0 saturated carbocycles. The topological polar surface area (TPSA) is 54.6 Å². The summed E-state index contributed by atoms with van der Waals surface area (Å²) >= 11 is 6.25. The maximum absolute atomic E-state index is 13.3. The molecule has 2 heterocycles. The molecule has 1 amide bonds. The average Bonchev–Trinajstić information content (AvgIpc) is 3.26. The molecule has 0 saturated heterocycles. The van der Waals surface area contributed by atoms with Gasteiger partial charge in [-0.25, -0.2) is 9.18 Å². The van der Waals surface area contributed by atoms with Gasteiger partial charge in [-0.05, 0) is 73.0 Å². The molecule has 2 aromatic carbocycles. The SMILES string of the molecule is C=C(/C=C\C/C(=C\C)OC)C1c2[nH]c3ccc(Cl)cc3c2CCN1C(=O)Oc1ccc(F)cc1.CC. The quantitative estimate of drug-likeness (QED) is 0.269. The highest BCUT2D eigenvalue weighted by Crippen LogP contribution is 2.39. The molecule has 0 bridgehead atoms. The number of carbonyl (C=O) groups is 1. The molecule has 1 atom stereocenters. The largest absolute Gasteiger partial charge is 0.501 e. The Morgan fingerprint density at radius 3 is 2.64 bits per heavy atom. The molecule has 1 unspecified atom stereocenters. The number of allylic oxidation sites excluding steroid dienone is 2. The van der Waals surface area contributed by atoms with Crippen LogP contribution >= 0.6 is 11.6 Å². The van der Waals surface area contributed by atoms with Gasteiger partial charge in [0.15, 0.2) is 0 Å². The molecule has 4 rings (SSSR count). The van der Waals surface area contributed by atoms with E-state index in [-0.39, 0.29) is 5.75 Å². The Kier molecular flexibility index (Phi) is 9.37. The molecule has 36 heavy (non-hydrogen) atoms. The lowest BCUT2D eigenvalue weighted by atomic mass is 9.93. The highest BCUT2D eigenvalue weighted by Gasteiger charge is 2.35. The standard InChI is InChI=1S/C27H26ClFN2O3.C2H6/c1-4-20(33-3)7-5-6-17(2)26-25-22(23-16-18(28)8-13-24(23)30-25)14-15-31(26)27(32)34-21-11-9-19(29)10-12-21;1-2/h4-6,8-13,16,26,30H,2,7,14-15H2,1,3H3;1-2H3/b6-5-,20-4+;. The van der Waals surface area contributed by atoms with Gasteiger partial charge in [-0.1, -0.05) is 44.2 Å². The van der Waals surface area contributed by atoms with Crippen molar-refractivity contribution in [2.75, 3.05) is 13.7 Å². The molecule has 7 heteroatoms. The first-order valence-corrected chi connectivity index (χ1v) is 12.4. The van der Waals surface area contributed by atoms with Crippen LogP contribution in [0.3, 0.4) is 0 Å². The molecule has 1 aliphatic heterocycles. The normalized spacial score (nSPS) is 15.3. The van der Waals surface area contributed by atoms with Crippen molar-refractivity contribution < 1.29 is 18.7 Å². The van der Waals surface area contributed by atoms with Crippen LogP contribution in [0, 0.1) is 5.82 Å². The fourth-order valence-corrected chi connectivity index (χ4v) is 4.41. The Labute approximate surface area is 216 Å². The van der Waals surface area contributed by atoms with Crippen molar-refractivity contribution in [2.45, 2.75) is 39.7 Å². The fourth-order valence-electron chi connectivity index (χ4n) is 4.24. The van der Waals surface area contributed by atoms with Crippen molar-refractivity contribution in [3.8, 4) is 5.75 Å². The van der Waals surface area contributed by atoms with Crippen LogP contribution in [-0.4, -0.2) is 29.6 Å². The fraction of sp³-hybridized carbons (Fsp3) is 0.276. The second-order valence-electron chi connectivity index (χ2n) is 8.02. The zero-order valence-electron chi connectivity index (χ0n) is 21.1. The summed E-state index contributed by atoms with van der Waals surface area (Å²) in [5.41, 5.74) is 3.66. The van der Waals surface area contributed by atoms with Crippen LogP contribution in [0.15, 0.2) is 78.6 Å². The smallest absolute Gasteiger partial charge is 0.416 e. The number of halogens is 2. The zero-order chi connectivity index (χ0) is 26.2. The van der Waals surface area contributed by atoms with Crippen LogP contribution in [0.4, 0.5) is 9.18 Å². The van der Waals surface area contributed by atoms with Gasteiger partial charge in [-0.15, -0.1) is 0 Å². The predicted octanol–water partition coefficient (Wildman–Crippen LogP) is 8.14. The van der Waals surface area contributed by atoms with Crippen molar-refractivity contribution in [3.63, 3.8) is 0 Å². The number of amides is 1. The number of benzene rings is 2. The summed E-state index contributed by atoms with van der Waals surface area (Å²) in [6.45, 7) is 10.6. The van der Waals surface area contributed by atoms with Crippen molar-refractivity contribution in [1.29, 1.82) is 0 Å². The van der Waals surface area contributed by atoms with Crippen molar-refractivity contribution in [2.24, 2.45) is 0 Å². The zero-order valence-corrected chi connectivity index (χ0v) is 21.9. The molecule has 5 nitrogen and oxygen atoms in total. The number of hydrogen-bond donors (Lipinski definition) is 1. The van der Waals surface area contributed by atoms with Crippen LogP contribution in [0.1, 0.15) is 44.5 Å². The van der Waals surface area contributed by atoms with E-state index in [1.165, 1.54) is 24.3 Å². The Balaban J connectivity index is 0.00000176. The van der Waals surface area contributed by atoms with Crippen LogP contribution in [-0.2, 0) is 11.2 Å². The average molecular weight is 511 g/mol. The van der Waals surface area contributed by atoms with E-state index in [1.807, 2.05) is 57.2 Å². The maximum Gasteiger partial charge on any atom is 0.416 e. The van der Waals surface area contributed by atoms with Gasteiger partial charge >= 0.3 is 6.09 Å². The number of methoxy groups -OCH3 is 1. The molecule has 1 N–H and O–H groups in total. The lowest BCUT2D eigenvalue weighted by Crippen LogP contribution is -2.42. The minimum absolute atomic E-state index is 0.276. The summed E-state index contributed by atoms with van der Waals surface area (Å²) in [6.07, 6.45) is 6.47. The van der Waals surface area contributed by atoms with Gasteiger partial charge in [0.1, 0.15) is 17.6 Å². The summed E-state index contributed by atoms with van der Waals surface area (Å²) in [6, 6.07) is 10.6. The van der Waals surface area contributed by atoms with E-state index >= 15 is 0 Å². The molecule has 190 valence electrons. The van der Waals surface area contributed by atoms with Gasteiger partial charge < -0.3 is 14.5 Å². The van der Waals surface area contributed by atoms with E-state index in [0.717, 1.165) is 33.5 Å². The highest BCUT2D eigenvalue weighted by atomic mass is 35.5. The third-order valence-electron chi connectivity index (χ3n) is 5.93. The van der Waals surface area contributed by atoms with E-state index in [9.17, 15) is 9.18 Å². The number of hydrogen-bond acceptors (Lipinski definition) is 3. The summed E-state index contributed by atoms with van der Waals surface area (Å²) in [4.78, 5) is 18.3. The third kappa shape index (κ3) is 6.00. The molecule has 0 spiro atoms. The van der Waals surface area contributed by atoms with E-state index in [2.05, 4.69) is 11.6 Å². The number of nitrogens with one attached hydrogen (secondary N) is 1. The summed E-state index contributed by atoms with van der Waals surface area (Å²) < 4.78 is 24.2. The predicted molar refractivity (Wildman–Crippen MR) is 144 cm³/mol. The van der Waals surface area contributed by atoms with Gasteiger partial charge in [0.2, 0.25) is 0 Å². The van der Waals surface area contributed by atoms with Gasteiger partial charge in [-0.3, -0.25) is 4.90 Å². The van der Waals surface area contributed by atoms with Gasteiger partial charge in [-0.2, -0.15) is 0 Å². The Morgan fingerprint density at radius 1 is 1.25 bits per heavy atom. The second kappa shape index (κ2) is 12.5. The molecule has 1 aromatic heterocycles. The second-order valence-corrected chi connectivity index (χ2v) is 8.45. The number of aromatic nitrogens is 1. The minimum Gasteiger partial charge on any atom is -0.501 e. The number of rotatable bonds is 6. The van der Waals surface area contributed by atoms with E-state index in [0.29, 0.717) is 24.4 Å². The first kappa shape index (κ1) is 27.1. The Bertz CT molecular complexity index is 1280. The number of carbonyl (C=O) groups excluding carboxylic acids is 1. The van der Waals surface area contributed by atoms with Gasteiger partial charge in [0, 0.05) is 34.6 Å². The number of H-pyrrole nitrogens is 1. The minimum atomic E-state index is -0.528. The highest BCUT2D eigenvalue weighted by molar-refractivity contribution is 6.31. The number of aromatic amines is 1. The van der Waals surface area contributed by atoms with Crippen LogP contribution in [0.25, 0.3) is 10.9 Å². The third-order valence-corrected chi connectivity index (χ3v) is 6.16. The van der Waals surface area contributed by atoms with Crippen molar-refractivity contribution in [3.05, 3.63) is 101 Å². The Hall–Kier alpha value is -3.51. The molecule has 3 aromatic rings. The lowest BCUT2D eigenvalue weighted by Gasteiger charge is -2.35. The molecular weight excluding hydrogens is 479 g/mol. The first-order chi connectivity index (χ1) is 17.4. The van der Waals surface area contributed by atoms with Crippen molar-refractivity contribution in [1.82, 2.24) is 9.88 Å². The molecule has 1 aliphatic rings. The first-order valence-electron chi connectivity index (χ1n) is 12.0. The molecule has 0 fully saturated rings. The van der Waals surface area contributed by atoms with E-state index < -0.39 is 18.0 Å². The van der Waals surface area contributed by atoms with Crippen molar-refractivity contribution >= 4 is 28.6 Å². The monoisotopic (exact) mass is 510 g/mol. The maximum atomic E-state index is 13.3. The van der Waals surface area contributed by atoms with Crippen LogP contribution in [0.2, 0.25) is 5.02 Å². The molecule has 0 aliphatic carbocycles. The van der Waals surface area contributed by atoms with Crippen LogP contribution in [0.5, 0.6) is 5.75 Å². The van der Waals surface area contributed by atoms with E-state index in [4.69, 9.17) is 21.1 Å². The summed E-state index contributed by atoms with van der Waals surface area (Å²) in [5, 5.41) is 1.69. The van der Waals surface area contributed by atoms with Gasteiger partial charge in [0.05, 0.1) is 12.9 Å². The number of fused-ring (bicyclic) bond motifs is 3. The number of nitrogens with zero attached hydrogens (tertiary/aromatic N) is 1. The summed E-state index contributed by atoms with van der Waals surface area (Å²) in [5.74, 6) is 0.715. The van der Waals surface area contributed by atoms with Gasteiger partial charge in [0.25, 0.3) is 0 Å². The summed E-state index contributed by atoms with van der Waals surface area (Å²) in [7, 11) is 1.63. The lowest BCUT2D eigenvalue weighted by molar-refractivity contribution is 0.135. The Morgan fingerprint density at radius 2 is 1.97 bits per heavy atom.